The monoisotopic (exact) mass is 556 g/mol. The number of carboxylic acid groups (broad SMARTS) is 1. The molecule has 2 aliphatic carbocycles. The van der Waals surface area contributed by atoms with Crippen LogP contribution < -0.4 is 15.4 Å². The van der Waals surface area contributed by atoms with Crippen molar-refractivity contribution in [1.82, 2.24) is 20.3 Å². The van der Waals surface area contributed by atoms with Gasteiger partial charge in [0, 0.05) is 18.9 Å². The second kappa shape index (κ2) is 10.1. The molecule has 0 radical (unpaired) electrons. The van der Waals surface area contributed by atoms with Crippen molar-refractivity contribution in [2.24, 2.45) is 5.92 Å². The summed E-state index contributed by atoms with van der Waals surface area (Å²) in [5.74, 6) is -2.79. The maximum atomic E-state index is 13.5. The first-order valence-corrected chi connectivity index (χ1v) is 14.4. The molecule has 13 nitrogen and oxygen atoms in total. The molecule has 0 unspecified atom stereocenters. The molecular weight excluding hydrogens is 520 g/mol. The van der Waals surface area contributed by atoms with Crippen molar-refractivity contribution in [2.75, 3.05) is 6.54 Å². The van der Waals surface area contributed by atoms with Crippen LogP contribution in [0, 0.1) is 5.92 Å². The molecule has 212 valence electrons. The van der Waals surface area contributed by atoms with Gasteiger partial charge in [-0.2, -0.15) is 0 Å². The number of allylic oxidation sites excluding steroid dienone is 1. The Morgan fingerprint density at radius 1 is 1.24 bits per heavy atom. The SMILES string of the molecule is C[C@@H]1CCC=C[C@@H]2C[C@@]2(C(=O)NS(=O)(=O)C2(C)CC2)NC(=O)[C@@H]2C[C@@H](O)CN2C(=O)[C@@H](NC(=O)O)[C@H](C)O1. The smallest absolute Gasteiger partial charge is 0.405 e. The summed E-state index contributed by atoms with van der Waals surface area (Å²) >= 11 is 0. The summed E-state index contributed by atoms with van der Waals surface area (Å²) in [6.45, 7) is 4.68. The minimum atomic E-state index is -3.96. The van der Waals surface area contributed by atoms with Gasteiger partial charge in [0.15, 0.2) is 0 Å². The number of carbonyl (C=O) groups excluding carboxylic acids is 3. The number of sulfonamides is 1. The highest BCUT2D eigenvalue weighted by atomic mass is 32.2. The molecule has 2 aliphatic heterocycles. The van der Waals surface area contributed by atoms with Crippen LogP contribution in [0.25, 0.3) is 0 Å². The number of rotatable bonds is 4. The van der Waals surface area contributed by atoms with E-state index in [0.29, 0.717) is 25.7 Å². The van der Waals surface area contributed by atoms with E-state index in [4.69, 9.17) is 4.74 Å². The summed E-state index contributed by atoms with van der Waals surface area (Å²) in [5.41, 5.74) is -1.53. The number of ether oxygens (including phenoxy) is 1. The van der Waals surface area contributed by atoms with E-state index in [9.17, 15) is 37.8 Å². The van der Waals surface area contributed by atoms with Crippen molar-refractivity contribution >= 4 is 33.8 Å². The fourth-order valence-electron chi connectivity index (χ4n) is 5.17. The van der Waals surface area contributed by atoms with Crippen molar-refractivity contribution in [3.05, 3.63) is 12.2 Å². The number of nitrogens with one attached hydrogen (secondary N) is 3. The van der Waals surface area contributed by atoms with Gasteiger partial charge in [0.2, 0.25) is 21.8 Å². The highest BCUT2D eigenvalue weighted by Crippen LogP contribution is 2.47. The lowest BCUT2D eigenvalue weighted by molar-refractivity contribution is -0.144. The topological polar surface area (TPSA) is 191 Å². The molecule has 0 aromatic rings. The molecule has 2 heterocycles. The van der Waals surface area contributed by atoms with Gasteiger partial charge >= 0.3 is 6.09 Å². The minimum absolute atomic E-state index is 0.127. The average Bonchev–Trinajstić information content (AvgIpc) is 3.70. The number of carbonyl (C=O) groups is 4. The predicted molar refractivity (Wildman–Crippen MR) is 133 cm³/mol. The molecule has 38 heavy (non-hydrogen) atoms. The molecule has 0 bridgehead atoms. The molecule has 14 heteroatoms. The molecule has 0 spiro atoms. The lowest BCUT2D eigenvalue weighted by Gasteiger charge is -2.32. The lowest BCUT2D eigenvalue weighted by Crippen LogP contribution is -2.60. The molecule has 7 atom stereocenters. The summed E-state index contributed by atoms with van der Waals surface area (Å²) in [4.78, 5) is 52.8. The average molecular weight is 557 g/mol. The number of aliphatic hydroxyl groups is 1. The first-order valence-electron chi connectivity index (χ1n) is 12.9. The van der Waals surface area contributed by atoms with Crippen LogP contribution in [0.5, 0.6) is 0 Å². The summed E-state index contributed by atoms with van der Waals surface area (Å²) in [6, 6.07) is -2.54. The normalized spacial score (nSPS) is 37.1. The highest BCUT2D eigenvalue weighted by molar-refractivity contribution is 7.91. The zero-order valence-corrected chi connectivity index (χ0v) is 22.5. The molecule has 3 fully saturated rings. The minimum Gasteiger partial charge on any atom is -0.465 e. The third-order valence-electron chi connectivity index (χ3n) is 8.03. The van der Waals surface area contributed by atoms with Crippen LogP contribution in [0.15, 0.2) is 12.2 Å². The molecule has 5 N–H and O–H groups in total. The number of fused-ring (bicyclic) bond motifs is 2. The second-order valence-corrected chi connectivity index (χ2v) is 13.3. The number of amides is 4. The molecule has 0 aromatic heterocycles. The molecule has 4 amide bonds. The van der Waals surface area contributed by atoms with E-state index in [1.54, 1.807) is 26.8 Å². The van der Waals surface area contributed by atoms with Crippen LogP contribution in [0.2, 0.25) is 0 Å². The Bertz CT molecular complexity index is 1140. The van der Waals surface area contributed by atoms with E-state index >= 15 is 0 Å². The quantitative estimate of drug-likeness (QED) is 0.287. The van der Waals surface area contributed by atoms with Crippen molar-refractivity contribution in [3.63, 3.8) is 0 Å². The molecule has 1 saturated heterocycles. The fraction of sp³-hybridized carbons (Fsp3) is 0.750. The van der Waals surface area contributed by atoms with Gasteiger partial charge in [0.1, 0.15) is 17.6 Å². The van der Waals surface area contributed by atoms with Gasteiger partial charge in [0.05, 0.1) is 23.1 Å². The number of hydrogen-bond acceptors (Lipinski definition) is 8. The number of nitrogens with zero attached hydrogens (tertiary/aromatic N) is 1. The van der Waals surface area contributed by atoms with Gasteiger partial charge in [-0.25, -0.2) is 13.2 Å². The second-order valence-electron chi connectivity index (χ2n) is 11.1. The van der Waals surface area contributed by atoms with Crippen molar-refractivity contribution in [1.29, 1.82) is 0 Å². The first kappa shape index (κ1) is 28.3. The Labute approximate surface area is 221 Å². The standard InChI is InChI=1S/C24H36N4O9S/c1-13-6-4-5-7-15-11-24(15,21(32)27-38(35,36)23(3)8-9-23)26-19(30)17-10-16(29)12-28(17)20(31)18(14(2)37-13)25-22(33)34/h5,7,13-18,25,29H,4,6,8-12H2,1-3H3,(H,26,30)(H,27,32)(H,33,34)/t13-,14+,15-,16-,17+,18+,24-/m1/s1. The van der Waals surface area contributed by atoms with E-state index in [2.05, 4.69) is 15.4 Å². The summed E-state index contributed by atoms with van der Waals surface area (Å²) in [6.07, 6.45) is 1.85. The van der Waals surface area contributed by atoms with Crippen LogP contribution in [-0.4, -0.2) is 94.6 Å². The maximum absolute atomic E-state index is 13.5. The number of hydrogen-bond donors (Lipinski definition) is 5. The molecule has 2 saturated carbocycles. The van der Waals surface area contributed by atoms with Crippen LogP contribution in [0.4, 0.5) is 4.79 Å². The van der Waals surface area contributed by atoms with Gasteiger partial charge in [-0.15, -0.1) is 0 Å². The summed E-state index contributed by atoms with van der Waals surface area (Å²) in [5, 5.41) is 24.5. The van der Waals surface area contributed by atoms with Gasteiger partial charge in [0.25, 0.3) is 5.91 Å². The van der Waals surface area contributed by atoms with Gasteiger partial charge in [-0.3, -0.25) is 19.1 Å². The van der Waals surface area contributed by atoms with Crippen molar-refractivity contribution < 1.29 is 42.5 Å². The van der Waals surface area contributed by atoms with Crippen LogP contribution >= 0.6 is 0 Å². The summed E-state index contributed by atoms with van der Waals surface area (Å²) in [7, 11) is -3.96. The fourth-order valence-corrected chi connectivity index (χ4v) is 6.48. The van der Waals surface area contributed by atoms with Crippen LogP contribution in [0.1, 0.15) is 59.3 Å². The zero-order chi connectivity index (χ0) is 28.0. The van der Waals surface area contributed by atoms with Crippen molar-refractivity contribution in [2.45, 2.75) is 100.0 Å². The summed E-state index contributed by atoms with van der Waals surface area (Å²) < 4.78 is 32.5. The van der Waals surface area contributed by atoms with E-state index in [-0.39, 0.29) is 25.5 Å². The van der Waals surface area contributed by atoms with E-state index in [1.165, 1.54) is 0 Å². The molecule has 4 rings (SSSR count). The number of aliphatic hydroxyl groups excluding tert-OH is 1. The Morgan fingerprint density at radius 2 is 1.92 bits per heavy atom. The Hall–Kier alpha value is -2.71. The first-order chi connectivity index (χ1) is 17.7. The maximum Gasteiger partial charge on any atom is 0.405 e. The van der Waals surface area contributed by atoms with Gasteiger partial charge < -0.3 is 30.5 Å². The largest absolute Gasteiger partial charge is 0.465 e. The Kier molecular flexibility index (Phi) is 7.53. The predicted octanol–water partition coefficient (Wildman–Crippen LogP) is -0.399. The third kappa shape index (κ3) is 5.52. The molecule has 4 aliphatic rings. The van der Waals surface area contributed by atoms with Gasteiger partial charge in [-0.05, 0) is 52.9 Å². The Morgan fingerprint density at radius 3 is 2.55 bits per heavy atom. The van der Waals surface area contributed by atoms with Crippen molar-refractivity contribution in [3.8, 4) is 0 Å². The van der Waals surface area contributed by atoms with Crippen LogP contribution in [0.3, 0.4) is 0 Å². The highest BCUT2D eigenvalue weighted by Gasteiger charge is 2.63. The lowest BCUT2D eigenvalue weighted by atomic mass is 10.1. The van der Waals surface area contributed by atoms with Gasteiger partial charge in [-0.1, -0.05) is 12.2 Å². The molecular formula is C24H36N4O9S. The third-order valence-corrected chi connectivity index (χ3v) is 10.2. The van der Waals surface area contributed by atoms with E-state index < -0.39 is 74.3 Å². The Balaban J connectivity index is 1.64. The zero-order valence-electron chi connectivity index (χ0n) is 21.7. The molecule has 0 aromatic carbocycles. The van der Waals surface area contributed by atoms with E-state index in [0.717, 1.165) is 4.90 Å². The van der Waals surface area contributed by atoms with E-state index in [1.807, 2.05) is 6.08 Å². The van der Waals surface area contributed by atoms with Crippen LogP contribution in [-0.2, 0) is 29.1 Å².